The van der Waals surface area contributed by atoms with E-state index in [2.05, 4.69) is 27.1 Å². The highest BCUT2D eigenvalue weighted by Crippen LogP contribution is 2.28. The highest BCUT2D eigenvalue weighted by atomic mass is 15.2. The van der Waals surface area contributed by atoms with E-state index >= 15 is 0 Å². The predicted molar refractivity (Wildman–Crippen MR) is 68.1 cm³/mol. The molecule has 4 heteroatoms. The summed E-state index contributed by atoms with van der Waals surface area (Å²) in [6, 6.07) is 0.615. The van der Waals surface area contributed by atoms with Gasteiger partial charge in [0, 0.05) is 37.7 Å². The average Bonchev–Trinajstić information content (AvgIpc) is 2.39. The Kier molecular flexibility index (Phi) is 2.97. The molecule has 3 rings (SSSR count). The fraction of sp³-hybridized carbons (Fsp3) is 0.692. The van der Waals surface area contributed by atoms with E-state index in [4.69, 9.17) is 0 Å². The van der Waals surface area contributed by atoms with E-state index in [0.717, 1.165) is 26.1 Å². The lowest BCUT2D eigenvalue weighted by molar-refractivity contribution is 0.477. The quantitative estimate of drug-likeness (QED) is 0.796. The number of piperidine rings is 1. The molecule has 1 unspecified atom stereocenters. The highest BCUT2D eigenvalue weighted by Gasteiger charge is 2.24. The Morgan fingerprint density at radius 1 is 1.35 bits per heavy atom. The molecule has 17 heavy (non-hydrogen) atoms. The molecule has 0 aromatic carbocycles. The van der Waals surface area contributed by atoms with E-state index in [1.54, 1.807) is 6.33 Å². The number of hydrogen-bond donors (Lipinski definition) is 1. The summed E-state index contributed by atoms with van der Waals surface area (Å²) in [4.78, 5) is 11.4. The lowest BCUT2D eigenvalue weighted by atomic mass is 10.0. The third kappa shape index (κ3) is 2.02. The van der Waals surface area contributed by atoms with Crippen molar-refractivity contribution in [3.63, 3.8) is 0 Å². The summed E-state index contributed by atoms with van der Waals surface area (Å²) in [6.45, 7) is 5.42. The molecule has 1 saturated heterocycles. The minimum atomic E-state index is 0.615. The van der Waals surface area contributed by atoms with Gasteiger partial charge in [-0.1, -0.05) is 0 Å². The molecule has 0 saturated carbocycles. The summed E-state index contributed by atoms with van der Waals surface area (Å²) in [6.07, 6.45) is 6.69. The van der Waals surface area contributed by atoms with Gasteiger partial charge in [0.2, 0.25) is 0 Å². The van der Waals surface area contributed by atoms with Crippen molar-refractivity contribution in [1.29, 1.82) is 0 Å². The zero-order valence-corrected chi connectivity index (χ0v) is 10.4. The largest absolute Gasteiger partial charge is 0.354 e. The highest BCUT2D eigenvalue weighted by molar-refractivity contribution is 5.50. The van der Waals surface area contributed by atoms with Crippen LogP contribution in [0, 0.1) is 0 Å². The van der Waals surface area contributed by atoms with Crippen molar-refractivity contribution in [1.82, 2.24) is 15.3 Å². The Hall–Kier alpha value is -1.16. The van der Waals surface area contributed by atoms with Crippen LogP contribution < -0.4 is 10.2 Å². The molecule has 1 aromatic heterocycles. The minimum Gasteiger partial charge on any atom is -0.354 e. The minimum absolute atomic E-state index is 0.615. The molecule has 4 nitrogen and oxygen atoms in total. The number of hydrogen-bond acceptors (Lipinski definition) is 4. The fourth-order valence-electron chi connectivity index (χ4n) is 2.92. The summed E-state index contributed by atoms with van der Waals surface area (Å²) in [5.74, 6) is 1.18. The van der Waals surface area contributed by atoms with Gasteiger partial charge in [0.15, 0.2) is 0 Å². The van der Waals surface area contributed by atoms with Crippen molar-refractivity contribution in [2.75, 3.05) is 18.0 Å². The second-order valence-corrected chi connectivity index (χ2v) is 5.09. The molecule has 0 radical (unpaired) electrons. The van der Waals surface area contributed by atoms with E-state index < -0.39 is 0 Å². The first-order valence-electron chi connectivity index (χ1n) is 6.66. The molecule has 1 atom stereocenters. The molecule has 1 fully saturated rings. The summed E-state index contributed by atoms with van der Waals surface area (Å²) in [5.41, 5.74) is 2.57. The molecule has 1 N–H and O–H groups in total. The average molecular weight is 232 g/mol. The van der Waals surface area contributed by atoms with E-state index in [1.165, 1.54) is 36.3 Å². The van der Waals surface area contributed by atoms with Gasteiger partial charge in [0.05, 0.1) is 5.69 Å². The van der Waals surface area contributed by atoms with Gasteiger partial charge in [-0.05, 0) is 26.2 Å². The molecular weight excluding hydrogens is 212 g/mol. The predicted octanol–water partition coefficient (Wildman–Crippen LogP) is 1.50. The van der Waals surface area contributed by atoms with Crippen molar-refractivity contribution >= 4 is 5.82 Å². The van der Waals surface area contributed by atoms with Crippen molar-refractivity contribution in [3.05, 3.63) is 17.6 Å². The molecule has 92 valence electrons. The first-order chi connectivity index (χ1) is 8.36. The van der Waals surface area contributed by atoms with Gasteiger partial charge in [-0.25, -0.2) is 9.97 Å². The standard InChI is InChI=1S/C13H20N4/c1-10-4-2-3-7-17(10)13-11-8-14-6-5-12(11)15-9-16-13/h9-10,14H,2-8H2,1H3. The first-order valence-corrected chi connectivity index (χ1v) is 6.66. The van der Waals surface area contributed by atoms with Gasteiger partial charge in [-0.15, -0.1) is 0 Å². The first kappa shape index (κ1) is 11.0. The summed E-state index contributed by atoms with van der Waals surface area (Å²) < 4.78 is 0. The van der Waals surface area contributed by atoms with Gasteiger partial charge in [0.1, 0.15) is 12.1 Å². The van der Waals surface area contributed by atoms with E-state index in [9.17, 15) is 0 Å². The monoisotopic (exact) mass is 232 g/mol. The van der Waals surface area contributed by atoms with Crippen LogP contribution in [0.2, 0.25) is 0 Å². The Bertz CT molecular complexity index is 404. The molecule has 2 aliphatic heterocycles. The Morgan fingerprint density at radius 2 is 2.29 bits per heavy atom. The van der Waals surface area contributed by atoms with Crippen molar-refractivity contribution in [2.45, 2.75) is 45.2 Å². The molecule has 0 amide bonds. The third-order valence-corrected chi connectivity index (χ3v) is 3.93. The number of rotatable bonds is 1. The van der Waals surface area contributed by atoms with Crippen LogP contribution in [-0.4, -0.2) is 29.1 Å². The molecule has 0 aliphatic carbocycles. The van der Waals surface area contributed by atoms with Gasteiger partial charge in [-0.3, -0.25) is 0 Å². The maximum absolute atomic E-state index is 4.54. The normalized spacial score (nSPS) is 24.5. The van der Waals surface area contributed by atoms with Crippen molar-refractivity contribution < 1.29 is 0 Å². The number of aromatic nitrogens is 2. The third-order valence-electron chi connectivity index (χ3n) is 3.93. The Morgan fingerprint density at radius 3 is 3.18 bits per heavy atom. The number of nitrogens with one attached hydrogen (secondary N) is 1. The summed E-state index contributed by atoms with van der Waals surface area (Å²) in [7, 11) is 0. The molecule has 0 spiro atoms. The van der Waals surface area contributed by atoms with Crippen molar-refractivity contribution in [3.8, 4) is 0 Å². The topological polar surface area (TPSA) is 41.1 Å². The zero-order valence-electron chi connectivity index (χ0n) is 10.4. The van der Waals surface area contributed by atoms with Gasteiger partial charge in [-0.2, -0.15) is 0 Å². The SMILES string of the molecule is CC1CCCCN1c1ncnc2c1CNCC2. The summed E-state index contributed by atoms with van der Waals surface area (Å²) in [5, 5.41) is 3.43. The molecule has 3 heterocycles. The molecule has 0 bridgehead atoms. The van der Waals surface area contributed by atoms with Crippen molar-refractivity contribution in [2.24, 2.45) is 0 Å². The molecule has 2 aliphatic rings. The van der Waals surface area contributed by atoms with Crippen LogP contribution in [0.1, 0.15) is 37.4 Å². The van der Waals surface area contributed by atoms with Crippen LogP contribution in [-0.2, 0) is 13.0 Å². The van der Waals surface area contributed by atoms with Gasteiger partial charge < -0.3 is 10.2 Å². The Labute approximate surface area is 102 Å². The maximum Gasteiger partial charge on any atom is 0.136 e. The lowest BCUT2D eigenvalue weighted by Crippen LogP contribution is -2.40. The number of fused-ring (bicyclic) bond motifs is 1. The smallest absolute Gasteiger partial charge is 0.136 e. The zero-order chi connectivity index (χ0) is 11.7. The molecular formula is C13H20N4. The lowest BCUT2D eigenvalue weighted by Gasteiger charge is -2.36. The van der Waals surface area contributed by atoms with Crippen LogP contribution in [0.4, 0.5) is 5.82 Å². The maximum atomic E-state index is 4.54. The van der Waals surface area contributed by atoms with Gasteiger partial charge >= 0.3 is 0 Å². The van der Waals surface area contributed by atoms with Crippen LogP contribution in [0.3, 0.4) is 0 Å². The van der Waals surface area contributed by atoms with Crippen LogP contribution in [0.15, 0.2) is 6.33 Å². The van der Waals surface area contributed by atoms with E-state index in [-0.39, 0.29) is 0 Å². The second kappa shape index (κ2) is 4.61. The van der Waals surface area contributed by atoms with E-state index in [1.807, 2.05) is 0 Å². The fourth-order valence-corrected chi connectivity index (χ4v) is 2.92. The van der Waals surface area contributed by atoms with Crippen LogP contribution >= 0.6 is 0 Å². The number of nitrogens with zero attached hydrogens (tertiary/aromatic N) is 3. The van der Waals surface area contributed by atoms with Crippen LogP contribution in [0.5, 0.6) is 0 Å². The number of anilines is 1. The van der Waals surface area contributed by atoms with Gasteiger partial charge in [0.25, 0.3) is 0 Å². The Balaban J connectivity index is 1.96. The molecule has 1 aromatic rings. The second-order valence-electron chi connectivity index (χ2n) is 5.09. The van der Waals surface area contributed by atoms with Crippen LogP contribution in [0.25, 0.3) is 0 Å². The van der Waals surface area contributed by atoms with E-state index in [0.29, 0.717) is 6.04 Å². The summed E-state index contributed by atoms with van der Waals surface area (Å²) >= 11 is 0.